The highest BCUT2D eigenvalue weighted by atomic mass is 31.2. The average Bonchev–Trinajstić information content (AvgIpc) is 3.61. The van der Waals surface area contributed by atoms with Crippen molar-refractivity contribution in [3.05, 3.63) is 52.5 Å². The van der Waals surface area contributed by atoms with Crippen molar-refractivity contribution in [1.82, 2.24) is 20.0 Å². The molecule has 4 N–H and O–H groups in total. The fourth-order valence-corrected chi connectivity index (χ4v) is 6.40. The molecule has 260 valence electrons. The molecule has 4 rings (SSSR count). The van der Waals surface area contributed by atoms with Crippen LogP contribution >= 0.6 is 7.82 Å². The second-order valence-corrected chi connectivity index (χ2v) is 13.3. The van der Waals surface area contributed by atoms with E-state index in [1.54, 1.807) is 39.0 Å². The number of fused-ring (bicyclic) bond motifs is 2. The van der Waals surface area contributed by atoms with Crippen LogP contribution in [0.1, 0.15) is 62.4 Å². The summed E-state index contributed by atoms with van der Waals surface area (Å²) >= 11 is 0. The first-order valence-corrected chi connectivity index (χ1v) is 17.1. The van der Waals surface area contributed by atoms with Crippen molar-refractivity contribution in [3.63, 3.8) is 0 Å². The van der Waals surface area contributed by atoms with Crippen LogP contribution in [0.3, 0.4) is 0 Å². The number of ketones is 1. The number of Topliss-reactive ketones (excluding diaryl/α,β-unsaturated/α-hetero) is 1. The van der Waals surface area contributed by atoms with Gasteiger partial charge in [-0.25, -0.2) is 4.57 Å². The molecule has 0 saturated heterocycles. The van der Waals surface area contributed by atoms with Gasteiger partial charge in [0, 0.05) is 80.9 Å². The molecule has 18 heteroatoms. The number of phosphoric acid groups is 1. The highest BCUT2D eigenvalue weighted by Crippen LogP contribution is 2.38. The standard InChI is InChI=1S/C30H39BF2N5O9P/c1-19-14-21(3)37-25(19)17-26-20(2)15-23(38(26)31(37,32)33)7-8-24(39)16-22(18-47-48(44,45)46)30(43)35-11-5-4-6-27(40)34-12-13-36-28(41)9-10-29(36)42/h9-10,14-15,17,22H,4-8,11-13,16,18H2,1-3H3,(H,34,40)(H,35,43)(H2,44,45,46). The largest absolute Gasteiger partial charge is 0.737 e. The van der Waals surface area contributed by atoms with Crippen molar-refractivity contribution in [2.75, 3.05) is 26.2 Å². The van der Waals surface area contributed by atoms with Crippen LogP contribution in [0.25, 0.3) is 6.08 Å². The minimum atomic E-state index is -4.96. The Hall–Kier alpha value is -4.05. The molecule has 4 heterocycles. The molecule has 1 aromatic rings. The normalized spacial score (nSPS) is 17.3. The zero-order chi connectivity index (χ0) is 35.4. The quantitative estimate of drug-likeness (QED) is 0.0818. The van der Waals surface area contributed by atoms with Gasteiger partial charge in [-0.05, 0) is 50.9 Å². The SMILES string of the molecule is CC1=CC(CCC(=O)CC(COP(=O)(O)O)C(=O)NCCCCC(=O)NCCN2C(=O)C=CC2=O)=[N+]2C1=Cc1c(C)cc(C)n1[B-]2(F)F. The number of amides is 4. The molecule has 0 fully saturated rings. The van der Waals surface area contributed by atoms with E-state index in [0.717, 1.165) is 31.6 Å². The number of rotatable bonds is 17. The first-order valence-electron chi connectivity index (χ1n) is 15.6. The Bertz CT molecular complexity index is 1680. The summed E-state index contributed by atoms with van der Waals surface area (Å²) in [7, 11) is -4.96. The van der Waals surface area contributed by atoms with Gasteiger partial charge in [0.05, 0.1) is 12.5 Å². The van der Waals surface area contributed by atoms with E-state index in [4.69, 9.17) is 9.79 Å². The smallest absolute Gasteiger partial charge is 0.394 e. The van der Waals surface area contributed by atoms with Crippen molar-refractivity contribution < 1.29 is 56.0 Å². The number of hydrogen-bond acceptors (Lipinski definition) is 7. The summed E-state index contributed by atoms with van der Waals surface area (Å²) in [5.74, 6) is -3.64. The Morgan fingerprint density at radius 2 is 1.71 bits per heavy atom. The Labute approximate surface area is 275 Å². The summed E-state index contributed by atoms with van der Waals surface area (Å²) in [6.07, 6.45) is 5.76. The molecule has 3 aliphatic heterocycles. The highest BCUT2D eigenvalue weighted by molar-refractivity contribution is 7.46. The van der Waals surface area contributed by atoms with Gasteiger partial charge >= 0.3 is 14.8 Å². The van der Waals surface area contributed by atoms with Crippen LogP contribution in [0.4, 0.5) is 8.63 Å². The van der Waals surface area contributed by atoms with Crippen LogP contribution < -0.4 is 10.6 Å². The zero-order valence-electron chi connectivity index (χ0n) is 26.9. The molecule has 0 saturated carbocycles. The van der Waals surface area contributed by atoms with E-state index >= 15 is 8.63 Å². The third-order valence-electron chi connectivity index (χ3n) is 8.36. The number of carbonyl (C=O) groups excluding carboxylic acids is 5. The van der Waals surface area contributed by atoms with Crippen molar-refractivity contribution in [2.45, 2.75) is 59.3 Å². The van der Waals surface area contributed by atoms with Crippen LogP contribution in [-0.4, -0.2) is 92.0 Å². The molecule has 48 heavy (non-hydrogen) atoms. The molecule has 0 aromatic carbocycles. The predicted octanol–water partition coefficient (Wildman–Crippen LogP) is 1.89. The maximum Gasteiger partial charge on any atom is 0.737 e. The number of imide groups is 1. The molecule has 1 aromatic heterocycles. The number of aryl methyl sites for hydroxylation is 2. The first kappa shape index (κ1) is 36.8. The molecule has 0 bridgehead atoms. The Morgan fingerprint density at radius 1 is 1.02 bits per heavy atom. The van der Waals surface area contributed by atoms with Crippen LogP contribution in [0.15, 0.2) is 35.6 Å². The molecule has 0 aliphatic carbocycles. The number of carbonyl (C=O) groups is 5. The van der Waals surface area contributed by atoms with Gasteiger partial charge in [0.15, 0.2) is 5.70 Å². The molecule has 0 spiro atoms. The molecule has 1 atom stereocenters. The van der Waals surface area contributed by atoms with Crippen LogP contribution in [0, 0.1) is 19.8 Å². The van der Waals surface area contributed by atoms with Gasteiger partial charge in [0.1, 0.15) is 11.5 Å². The van der Waals surface area contributed by atoms with E-state index in [1.165, 1.54) is 0 Å². The van der Waals surface area contributed by atoms with Gasteiger partial charge in [-0.1, -0.05) is 0 Å². The number of allylic oxidation sites excluding steroid dienone is 2. The van der Waals surface area contributed by atoms with Crippen molar-refractivity contribution in [2.24, 2.45) is 5.92 Å². The van der Waals surface area contributed by atoms with E-state index in [2.05, 4.69) is 15.2 Å². The van der Waals surface area contributed by atoms with E-state index < -0.39 is 57.2 Å². The minimum absolute atomic E-state index is 0.0383. The third-order valence-corrected chi connectivity index (χ3v) is 8.84. The molecular weight excluding hydrogens is 654 g/mol. The van der Waals surface area contributed by atoms with Gasteiger partial charge in [-0.15, -0.1) is 0 Å². The highest BCUT2D eigenvalue weighted by Gasteiger charge is 2.53. The number of halogens is 2. The second kappa shape index (κ2) is 15.0. The molecule has 4 amide bonds. The van der Waals surface area contributed by atoms with Gasteiger partial charge in [-0.2, -0.15) is 0 Å². The summed E-state index contributed by atoms with van der Waals surface area (Å²) in [6, 6.07) is 1.69. The Balaban J connectivity index is 1.27. The van der Waals surface area contributed by atoms with E-state index in [-0.39, 0.29) is 50.5 Å². The third kappa shape index (κ3) is 8.70. The summed E-state index contributed by atoms with van der Waals surface area (Å²) in [5, 5.41) is 5.18. The zero-order valence-corrected chi connectivity index (χ0v) is 27.8. The molecule has 0 radical (unpaired) electrons. The molecule has 3 aliphatic rings. The summed E-state index contributed by atoms with van der Waals surface area (Å²) in [5.41, 5.74) is 2.80. The van der Waals surface area contributed by atoms with Gasteiger partial charge < -0.3 is 38.0 Å². The van der Waals surface area contributed by atoms with Crippen molar-refractivity contribution in [3.8, 4) is 0 Å². The van der Waals surface area contributed by atoms with E-state index in [0.29, 0.717) is 35.5 Å². The monoisotopic (exact) mass is 693 g/mol. The summed E-state index contributed by atoms with van der Waals surface area (Å²) < 4.78 is 49.5. The number of aromatic nitrogens is 1. The van der Waals surface area contributed by atoms with Crippen LogP contribution in [0.2, 0.25) is 0 Å². The second-order valence-electron chi connectivity index (χ2n) is 12.0. The first-order chi connectivity index (χ1) is 22.5. The fraction of sp³-hybridized carbons (Fsp3) is 0.467. The lowest BCUT2D eigenvalue weighted by Gasteiger charge is -2.31. The minimum Gasteiger partial charge on any atom is -0.394 e. The fourth-order valence-electron chi connectivity index (χ4n) is 6.03. The Kier molecular flexibility index (Phi) is 11.5. The van der Waals surface area contributed by atoms with Gasteiger partial charge in [0.2, 0.25) is 11.8 Å². The maximum atomic E-state index is 15.8. The average molecular weight is 693 g/mol. The number of nitrogens with one attached hydrogen (secondary N) is 2. The number of nitrogens with zero attached hydrogens (tertiary/aromatic N) is 3. The lowest BCUT2D eigenvalue weighted by molar-refractivity contribution is -0.363. The molecule has 14 nitrogen and oxygen atoms in total. The van der Waals surface area contributed by atoms with Crippen molar-refractivity contribution >= 4 is 56.0 Å². The lowest BCUT2D eigenvalue weighted by atomic mass is 9.89. The van der Waals surface area contributed by atoms with Gasteiger partial charge in [0.25, 0.3) is 11.8 Å². The summed E-state index contributed by atoms with van der Waals surface area (Å²) in [6.45, 7) is 0.344. The van der Waals surface area contributed by atoms with Crippen LogP contribution in [-0.2, 0) is 33.1 Å². The molecular formula is C30H39BF2N5O9P. The maximum absolute atomic E-state index is 15.8. The number of unbranched alkanes of at least 4 members (excludes halogenated alkanes) is 1. The topological polar surface area (TPSA) is 187 Å². The number of phosphoric ester groups is 1. The lowest BCUT2D eigenvalue weighted by Crippen LogP contribution is -2.50. The molecule has 1 unspecified atom stereocenters. The summed E-state index contributed by atoms with van der Waals surface area (Å²) in [4.78, 5) is 80.3. The number of hydrogen-bond donors (Lipinski definition) is 4. The van der Waals surface area contributed by atoms with Gasteiger partial charge in [-0.3, -0.25) is 33.4 Å². The predicted molar refractivity (Wildman–Crippen MR) is 170 cm³/mol. The van der Waals surface area contributed by atoms with Crippen molar-refractivity contribution in [1.29, 1.82) is 0 Å². The van der Waals surface area contributed by atoms with E-state index in [1.807, 2.05) is 0 Å². The van der Waals surface area contributed by atoms with E-state index in [9.17, 15) is 28.5 Å². The van der Waals surface area contributed by atoms with Crippen LogP contribution in [0.5, 0.6) is 0 Å². The Morgan fingerprint density at radius 3 is 2.38 bits per heavy atom.